The molecule has 0 unspecified atom stereocenters. The lowest BCUT2D eigenvalue weighted by Gasteiger charge is -2.25. The Hall–Kier alpha value is -4.25. The molecule has 1 atom stereocenters. The number of carbonyl (C=O) groups excluding carboxylic acids is 2. The Morgan fingerprint density at radius 2 is 1.68 bits per heavy atom. The van der Waals surface area contributed by atoms with Crippen LogP contribution in [0.3, 0.4) is 0 Å². The zero-order valence-corrected chi connectivity index (χ0v) is 18.8. The van der Waals surface area contributed by atoms with E-state index in [1.54, 1.807) is 48.5 Å². The number of methoxy groups -OCH3 is 1. The van der Waals surface area contributed by atoms with Crippen molar-refractivity contribution in [3.05, 3.63) is 78.4 Å². The van der Waals surface area contributed by atoms with Crippen LogP contribution in [0.2, 0.25) is 0 Å². The van der Waals surface area contributed by atoms with E-state index in [4.69, 9.17) is 14.2 Å². The summed E-state index contributed by atoms with van der Waals surface area (Å²) in [5.41, 5.74) is 4.80. The second kappa shape index (κ2) is 9.71. The summed E-state index contributed by atoms with van der Waals surface area (Å²) in [5.74, 6) is -0.0421. The highest BCUT2D eigenvalue weighted by Crippen LogP contribution is 2.31. The van der Waals surface area contributed by atoms with Crippen molar-refractivity contribution in [2.24, 2.45) is 0 Å². The lowest BCUT2D eigenvalue weighted by atomic mass is 10.2. The molecule has 11 heteroatoms. The molecule has 1 aliphatic rings. The summed E-state index contributed by atoms with van der Waals surface area (Å²) in [6, 6.07) is 18.8. The molecule has 0 saturated carbocycles. The fourth-order valence-corrected chi connectivity index (χ4v) is 4.27. The number of anilines is 1. The van der Waals surface area contributed by atoms with E-state index in [1.807, 2.05) is 0 Å². The van der Waals surface area contributed by atoms with Gasteiger partial charge in [-0.2, -0.15) is 0 Å². The van der Waals surface area contributed by atoms with Crippen LogP contribution in [0.4, 0.5) is 5.69 Å². The number of sulfonamides is 1. The minimum Gasteiger partial charge on any atom is -0.495 e. The minimum absolute atomic E-state index is 0.0226. The number of hydrogen-bond donors (Lipinski definition) is 3. The lowest BCUT2D eigenvalue weighted by molar-refractivity contribution is -0.131. The maximum Gasteiger partial charge on any atom is 0.283 e. The van der Waals surface area contributed by atoms with Gasteiger partial charge in [0, 0.05) is 5.56 Å². The average molecular weight is 484 g/mol. The van der Waals surface area contributed by atoms with Crippen molar-refractivity contribution >= 4 is 27.5 Å². The number of rotatable bonds is 6. The molecule has 4 rings (SSSR count). The Morgan fingerprint density at radius 1 is 0.941 bits per heavy atom. The molecule has 1 aliphatic heterocycles. The van der Waals surface area contributed by atoms with Crippen LogP contribution in [0.15, 0.2) is 77.7 Å². The number of benzene rings is 3. The van der Waals surface area contributed by atoms with Crippen LogP contribution in [0.1, 0.15) is 10.4 Å². The van der Waals surface area contributed by atoms with Crippen LogP contribution >= 0.6 is 0 Å². The van der Waals surface area contributed by atoms with Gasteiger partial charge in [0.1, 0.15) is 12.4 Å². The van der Waals surface area contributed by atoms with E-state index in [1.165, 1.54) is 31.4 Å². The van der Waals surface area contributed by atoms with Gasteiger partial charge in [-0.15, -0.1) is 0 Å². The van der Waals surface area contributed by atoms with Gasteiger partial charge < -0.3 is 14.2 Å². The minimum atomic E-state index is -4.01. The van der Waals surface area contributed by atoms with Crippen molar-refractivity contribution in [2.75, 3.05) is 18.4 Å². The fourth-order valence-electron chi connectivity index (χ4n) is 3.16. The topological polar surface area (TPSA) is 132 Å². The van der Waals surface area contributed by atoms with E-state index < -0.39 is 27.9 Å². The van der Waals surface area contributed by atoms with Gasteiger partial charge in [-0.05, 0) is 42.5 Å². The van der Waals surface area contributed by atoms with Crippen LogP contribution in [0.25, 0.3) is 0 Å². The van der Waals surface area contributed by atoms with Crippen LogP contribution in [-0.4, -0.2) is 40.1 Å². The number of hydrazine groups is 1. The SMILES string of the molecule is COc1ccccc1NS(=O)(=O)c1cccc(C(=O)NNC(=O)[C@@H]2COc3ccccc3O2)c1. The third-order valence-electron chi connectivity index (χ3n) is 4.86. The number of amides is 2. The molecule has 34 heavy (non-hydrogen) atoms. The van der Waals surface area contributed by atoms with Gasteiger partial charge in [0.15, 0.2) is 11.5 Å². The summed E-state index contributed by atoms with van der Waals surface area (Å²) in [6.07, 6.45) is -0.966. The van der Waals surface area contributed by atoms with Crippen LogP contribution in [-0.2, 0) is 14.8 Å². The third kappa shape index (κ3) is 5.04. The Bertz CT molecular complexity index is 1330. The smallest absolute Gasteiger partial charge is 0.283 e. The van der Waals surface area contributed by atoms with Crippen molar-refractivity contribution in [3.8, 4) is 17.2 Å². The number of hydrogen-bond acceptors (Lipinski definition) is 7. The van der Waals surface area contributed by atoms with Crippen molar-refractivity contribution in [1.29, 1.82) is 0 Å². The zero-order valence-electron chi connectivity index (χ0n) is 18.0. The van der Waals surface area contributed by atoms with Gasteiger partial charge >= 0.3 is 0 Å². The summed E-state index contributed by atoms with van der Waals surface area (Å²) in [4.78, 5) is 24.8. The molecule has 0 saturated heterocycles. The summed E-state index contributed by atoms with van der Waals surface area (Å²) in [6.45, 7) is -0.0267. The van der Waals surface area contributed by atoms with Gasteiger partial charge in [-0.3, -0.25) is 25.2 Å². The van der Waals surface area contributed by atoms with E-state index in [2.05, 4.69) is 15.6 Å². The van der Waals surface area contributed by atoms with Crippen LogP contribution < -0.4 is 29.8 Å². The summed E-state index contributed by atoms with van der Waals surface area (Å²) >= 11 is 0. The molecule has 0 spiro atoms. The van der Waals surface area contributed by atoms with Gasteiger partial charge in [-0.1, -0.05) is 30.3 Å². The molecule has 3 N–H and O–H groups in total. The van der Waals surface area contributed by atoms with Gasteiger partial charge in [0.05, 0.1) is 17.7 Å². The molecule has 0 bridgehead atoms. The highest BCUT2D eigenvalue weighted by atomic mass is 32.2. The number of carbonyl (C=O) groups is 2. The molecule has 0 radical (unpaired) electrons. The molecular weight excluding hydrogens is 462 g/mol. The van der Waals surface area contributed by atoms with Crippen LogP contribution in [0, 0.1) is 0 Å². The number of nitrogens with one attached hydrogen (secondary N) is 3. The normalized spacial score (nSPS) is 14.6. The molecule has 0 aliphatic carbocycles. The maximum atomic E-state index is 12.8. The number of para-hydroxylation sites is 4. The summed E-state index contributed by atoms with van der Waals surface area (Å²) < 4.78 is 44.3. The Balaban J connectivity index is 1.40. The largest absolute Gasteiger partial charge is 0.495 e. The first-order valence-corrected chi connectivity index (χ1v) is 11.6. The first kappa shape index (κ1) is 22.9. The molecule has 3 aromatic carbocycles. The van der Waals surface area contributed by atoms with Gasteiger partial charge in [0.2, 0.25) is 6.10 Å². The highest BCUT2D eigenvalue weighted by Gasteiger charge is 2.27. The van der Waals surface area contributed by atoms with E-state index in [9.17, 15) is 18.0 Å². The molecule has 0 fully saturated rings. The van der Waals surface area contributed by atoms with Crippen LogP contribution in [0.5, 0.6) is 17.2 Å². The third-order valence-corrected chi connectivity index (χ3v) is 6.22. The first-order chi connectivity index (χ1) is 16.4. The van der Waals surface area contributed by atoms with E-state index in [0.717, 1.165) is 0 Å². The van der Waals surface area contributed by atoms with Gasteiger partial charge in [-0.25, -0.2) is 8.42 Å². The molecule has 1 heterocycles. The van der Waals surface area contributed by atoms with Crippen molar-refractivity contribution in [3.63, 3.8) is 0 Å². The van der Waals surface area contributed by atoms with E-state index in [0.29, 0.717) is 17.2 Å². The van der Waals surface area contributed by atoms with Gasteiger partial charge in [0.25, 0.3) is 21.8 Å². The standard InChI is InChI=1S/C23H21N3O7S/c1-31-18-10-3-2-9-17(18)26-34(29,30)16-8-6-7-15(13-16)22(27)24-25-23(28)21-14-32-19-11-4-5-12-20(19)33-21/h2-13,21,26H,14H2,1H3,(H,24,27)(H,25,28)/t21-/m0/s1. The second-order valence-electron chi connectivity index (χ2n) is 7.14. The molecule has 176 valence electrons. The summed E-state index contributed by atoms with van der Waals surface area (Å²) in [7, 11) is -2.59. The predicted molar refractivity (Wildman–Crippen MR) is 122 cm³/mol. The monoisotopic (exact) mass is 483 g/mol. The number of ether oxygens (including phenoxy) is 3. The first-order valence-electron chi connectivity index (χ1n) is 10.1. The number of fused-ring (bicyclic) bond motifs is 1. The predicted octanol–water partition coefficient (Wildman–Crippen LogP) is 2.10. The lowest BCUT2D eigenvalue weighted by Crippen LogP contribution is -2.50. The van der Waals surface area contributed by atoms with Crippen molar-refractivity contribution < 1.29 is 32.2 Å². The van der Waals surface area contributed by atoms with Crippen molar-refractivity contribution in [1.82, 2.24) is 10.9 Å². The van der Waals surface area contributed by atoms with E-state index in [-0.39, 0.29) is 22.8 Å². The quantitative estimate of drug-likeness (QED) is 0.458. The molecule has 10 nitrogen and oxygen atoms in total. The molecule has 2 amide bonds. The second-order valence-corrected chi connectivity index (χ2v) is 8.82. The molecule has 3 aromatic rings. The van der Waals surface area contributed by atoms with E-state index >= 15 is 0 Å². The zero-order chi connectivity index (χ0) is 24.1. The molecule has 0 aromatic heterocycles. The summed E-state index contributed by atoms with van der Waals surface area (Å²) in [5, 5.41) is 0. The fraction of sp³-hybridized carbons (Fsp3) is 0.130. The average Bonchev–Trinajstić information content (AvgIpc) is 2.87. The molecular formula is C23H21N3O7S. The van der Waals surface area contributed by atoms with Crippen molar-refractivity contribution in [2.45, 2.75) is 11.0 Å². The Kier molecular flexibility index (Phi) is 6.55. The Morgan fingerprint density at radius 3 is 2.47 bits per heavy atom. The maximum absolute atomic E-state index is 12.8. The Labute approximate surface area is 195 Å². The highest BCUT2D eigenvalue weighted by molar-refractivity contribution is 7.92.